The summed E-state index contributed by atoms with van der Waals surface area (Å²) in [6, 6.07) is 23.3. The smallest absolute Gasteiger partial charge is 0.127 e. The molecule has 0 saturated heterocycles. The van der Waals surface area contributed by atoms with Crippen LogP contribution in [0.1, 0.15) is 29.5 Å². The maximum atomic E-state index is 10.9. The zero-order chi connectivity index (χ0) is 20.1. The van der Waals surface area contributed by atoms with E-state index in [1.165, 1.54) is 6.08 Å². The van der Waals surface area contributed by atoms with E-state index >= 15 is 0 Å². The van der Waals surface area contributed by atoms with Crippen LogP contribution in [-0.2, 0) is 17.8 Å². The Balaban J connectivity index is 1.44. The van der Waals surface area contributed by atoms with E-state index in [0.717, 1.165) is 58.8 Å². The van der Waals surface area contributed by atoms with Gasteiger partial charge in [-0.2, -0.15) is 0 Å². The van der Waals surface area contributed by atoms with E-state index in [1.807, 2.05) is 72.8 Å². The molecule has 1 aliphatic carbocycles. The number of benzene rings is 3. The first kappa shape index (κ1) is 18.8. The van der Waals surface area contributed by atoms with Crippen molar-refractivity contribution in [3.05, 3.63) is 95.6 Å². The average molecular weight is 385 g/mol. The Morgan fingerprint density at radius 3 is 2.55 bits per heavy atom. The van der Waals surface area contributed by atoms with Crippen molar-refractivity contribution in [3.63, 3.8) is 0 Å². The van der Waals surface area contributed by atoms with Crippen LogP contribution >= 0.6 is 0 Å². The number of aliphatic carboxylic acids is 1. The van der Waals surface area contributed by atoms with E-state index in [2.05, 4.69) is 0 Å². The lowest BCUT2D eigenvalue weighted by atomic mass is 9.87. The van der Waals surface area contributed by atoms with Crippen molar-refractivity contribution in [2.45, 2.75) is 25.9 Å². The quantitative estimate of drug-likeness (QED) is 0.585. The number of fused-ring (bicyclic) bond motifs is 1. The highest BCUT2D eigenvalue weighted by atomic mass is 16.5. The molecule has 0 heterocycles. The standard InChI is InChI=1S/C25H22O4/c26-25(27)16-20-8-5-7-19-15-22(12-13-24(19)20)28-17-18-6-4-11-23(14-18)29-21-9-2-1-3-10-21/h1-4,6,9-16H,5,7-8,17H2,(H,26,27)/p-1/b20-16+. The molecular formula is C25H21O4-. The van der Waals surface area contributed by atoms with Gasteiger partial charge in [-0.1, -0.05) is 36.4 Å². The van der Waals surface area contributed by atoms with Crippen molar-refractivity contribution in [2.75, 3.05) is 0 Å². The maximum Gasteiger partial charge on any atom is 0.127 e. The Morgan fingerprint density at radius 2 is 1.72 bits per heavy atom. The largest absolute Gasteiger partial charge is 0.545 e. The van der Waals surface area contributed by atoms with Crippen molar-refractivity contribution >= 4 is 11.5 Å². The lowest BCUT2D eigenvalue weighted by molar-refractivity contribution is -0.297. The molecule has 29 heavy (non-hydrogen) atoms. The molecule has 1 aliphatic rings. The fourth-order valence-corrected chi connectivity index (χ4v) is 3.57. The fourth-order valence-electron chi connectivity index (χ4n) is 3.57. The summed E-state index contributed by atoms with van der Waals surface area (Å²) in [5, 5.41) is 10.9. The summed E-state index contributed by atoms with van der Waals surface area (Å²) < 4.78 is 11.9. The Labute approximate surface area is 170 Å². The normalized spacial score (nSPS) is 14.3. The zero-order valence-electron chi connectivity index (χ0n) is 16.0. The first-order chi connectivity index (χ1) is 14.2. The van der Waals surface area contributed by atoms with Crippen LogP contribution in [0, 0.1) is 0 Å². The third-order valence-corrected chi connectivity index (χ3v) is 4.89. The number of aryl methyl sites for hydroxylation is 1. The van der Waals surface area contributed by atoms with Crippen molar-refractivity contribution < 1.29 is 19.4 Å². The Kier molecular flexibility index (Phi) is 5.61. The van der Waals surface area contributed by atoms with Gasteiger partial charge in [0.25, 0.3) is 0 Å². The van der Waals surface area contributed by atoms with Crippen LogP contribution in [0.25, 0.3) is 5.57 Å². The number of carbonyl (C=O) groups is 1. The number of hydrogen-bond donors (Lipinski definition) is 0. The van der Waals surface area contributed by atoms with Gasteiger partial charge >= 0.3 is 0 Å². The van der Waals surface area contributed by atoms with Crippen LogP contribution < -0.4 is 14.6 Å². The van der Waals surface area contributed by atoms with Crippen molar-refractivity contribution in [1.82, 2.24) is 0 Å². The second-order valence-corrected chi connectivity index (χ2v) is 7.01. The third-order valence-electron chi connectivity index (χ3n) is 4.89. The molecule has 0 N–H and O–H groups in total. The molecular weight excluding hydrogens is 364 g/mol. The van der Waals surface area contributed by atoms with Crippen LogP contribution in [0.15, 0.2) is 78.9 Å². The van der Waals surface area contributed by atoms with Gasteiger partial charge in [0.1, 0.15) is 23.9 Å². The van der Waals surface area contributed by atoms with Crippen LogP contribution in [0.2, 0.25) is 0 Å². The second-order valence-electron chi connectivity index (χ2n) is 7.01. The highest BCUT2D eigenvalue weighted by Gasteiger charge is 2.15. The summed E-state index contributed by atoms with van der Waals surface area (Å²) in [6.45, 7) is 0.423. The maximum absolute atomic E-state index is 10.9. The third kappa shape index (κ3) is 4.85. The van der Waals surface area contributed by atoms with Gasteiger partial charge in [-0.05, 0) is 84.0 Å². The van der Waals surface area contributed by atoms with Crippen molar-refractivity contribution in [3.8, 4) is 17.2 Å². The second kappa shape index (κ2) is 8.65. The number of carboxylic acid groups (broad SMARTS) is 1. The first-order valence-corrected chi connectivity index (χ1v) is 9.67. The molecule has 0 aromatic heterocycles. The van der Waals surface area contributed by atoms with Crippen LogP contribution in [0.3, 0.4) is 0 Å². The molecule has 0 bridgehead atoms. The minimum Gasteiger partial charge on any atom is -0.545 e. The number of allylic oxidation sites excluding steroid dienone is 1. The lowest BCUT2D eigenvalue weighted by Crippen LogP contribution is -2.20. The molecule has 3 aromatic carbocycles. The molecule has 0 radical (unpaired) electrons. The van der Waals surface area contributed by atoms with E-state index in [4.69, 9.17) is 9.47 Å². The highest BCUT2D eigenvalue weighted by molar-refractivity contribution is 5.89. The van der Waals surface area contributed by atoms with E-state index in [-0.39, 0.29) is 0 Å². The summed E-state index contributed by atoms with van der Waals surface area (Å²) >= 11 is 0. The number of carbonyl (C=O) groups excluding carboxylic acids is 1. The molecule has 4 heteroatoms. The van der Waals surface area contributed by atoms with Crippen LogP contribution in [0.5, 0.6) is 17.2 Å². The average Bonchev–Trinajstić information content (AvgIpc) is 2.73. The molecule has 0 unspecified atom stereocenters. The Morgan fingerprint density at radius 1 is 0.897 bits per heavy atom. The van der Waals surface area contributed by atoms with Crippen molar-refractivity contribution in [1.29, 1.82) is 0 Å². The Bertz CT molecular complexity index is 1040. The molecule has 4 nitrogen and oxygen atoms in total. The van der Waals surface area contributed by atoms with Gasteiger partial charge in [-0.15, -0.1) is 0 Å². The summed E-state index contributed by atoms with van der Waals surface area (Å²) in [6.07, 6.45) is 3.80. The summed E-state index contributed by atoms with van der Waals surface area (Å²) in [5.41, 5.74) is 3.92. The highest BCUT2D eigenvalue weighted by Crippen LogP contribution is 2.33. The molecule has 4 rings (SSSR count). The number of para-hydroxylation sites is 1. The van der Waals surface area contributed by atoms with E-state index < -0.39 is 5.97 Å². The molecule has 0 saturated carbocycles. The molecule has 0 atom stereocenters. The van der Waals surface area contributed by atoms with Gasteiger partial charge in [0, 0.05) is 0 Å². The molecule has 0 spiro atoms. The van der Waals surface area contributed by atoms with Crippen LogP contribution in [-0.4, -0.2) is 5.97 Å². The van der Waals surface area contributed by atoms with Gasteiger partial charge < -0.3 is 19.4 Å². The van der Waals surface area contributed by atoms with Gasteiger partial charge in [0.05, 0.1) is 5.97 Å². The summed E-state index contributed by atoms with van der Waals surface area (Å²) in [4.78, 5) is 10.9. The molecule has 3 aromatic rings. The monoisotopic (exact) mass is 385 g/mol. The predicted octanol–water partition coefficient (Wildman–Crippen LogP) is 4.53. The number of rotatable bonds is 6. The number of hydrogen-bond acceptors (Lipinski definition) is 4. The minimum absolute atomic E-state index is 0.423. The van der Waals surface area contributed by atoms with Gasteiger partial charge in [0.2, 0.25) is 0 Å². The lowest BCUT2D eigenvalue weighted by Gasteiger charge is -2.20. The van der Waals surface area contributed by atoms with E-state index in [0.29, 0.717) is 6.61 Å². The minimum atomic E-state index is -1.15. The van der Waals surface area contributed by atoms with Crippen molar-refractivity contribution in [2.24, 2.45) is 0 Å². The van der Waals surface area contributed by atoms with Gasteiger partial charge in [0.15, 0.2) is 0 Å². The van der Waals surface area contributed by atoms with E-state index in [1.54, 1.807) is 0 Å². The fraction of sp³-hybridized carbons (Fsp3) is 0.160. The van der Waals surface area contributed by atoms with E-state index in [9.17, 15) is 9.90 Å². The topological polar surface area (TPSA) is 58.6 Å². The summed E-state index contributed by atoms with van der Waals surface area (Å²) in [5.74, 6) is 1.18. The number of ether oxygens (including phenoxy) is 2. The van der Waals surface area contributed by atoms with Crippen LogP contribution in [0.4, 0.5) is 0 Å². The Hall–Kier alpha value is -3.53. The first-order valence-electron chi connectivity index (χ1n) is 9.67. The predicted molar refractivity (Wildman–Crippen MR) is 110 cm³/mol. The number of carboxylic acids is 1. The zero-order valence-corrected chi connectivity index (χ0v) is 16.0. The molecule has 146 valence electrons. The molecule has 0 aliphatic heterocycles. The van der Waals surface area contributed by atoms with Gasteiger partial charge in [-0.25, -0.2) is 0 Å². The summed E-state index contributed by atoms with van der Waals surface area (Å²) in [7, 11) is 0. The molecule has 0 fully saturated rings. The molecule has 0 amide bonds. The SMILES string of the molecule is O=C([O-])/C=C1\CCCc2cc(OCc3cccc(Oc4ccccc4)c3)ccc21. The van der Waals surface area contributed by atoms with Gasteiger partial charge in [-0.3, -0.25) is 0 Å².